The first-order chi connectivity index (χ1) is 18.6. The summed E-state index contributed by atoms with van der Waals surface area (Å²) in [6.45, 7) is 4.96. The van der Waals surface area contributed by atoms with Crippen LogP contribution in [-0.4, -0.2) is 66.1 Å². The van der Waals surface area contributed by atoms with Crippen LogP contribution in [0.1, 0.15) is 36.5 Å². The molecule has 1 atom stereocenters. The number of aromatic carboxylic acids is 1. The summed E-state index contributed by atoms with van der Waals surface area (Å²) in [4.78, 5) is 31.4. The molecule has 0 amide bonds. The molecule has 0 radical (unpaired) electrons. The second-order valence-corrected chi connectivity index (χ2v) is 11.3. The van der Waals surface area contributed by atoms with Gasteiger partial charge in [0.2, 0.25) is 11.8 Å². The van der Waals surface area contributed by atoms with Gasteiger partial charge in [-0.2, -0.15) is 5.10 Å². The van der Waals surface area contributed by atoms with Crippen LogP contribution in [-0.2, 0) is 19.6 Å². The van der Waals surface area contributed by atoms with Crippen LogP contribution in [0.5, 0.6) is 5.88 Å². The molecular weight excluding hydrogens is 566 g/mol. The molecule has 0 saturated carbocycles. The van der Waals surface area contributed by atoms with E-state index in [4.69, 9.17) is 10.5 Å². The Morgan fingerprint density at radius 2 is 2.03 bits per heavy atom. The number of halogens is 1. The van der Waals surface area contributed by atoms with Gasteiger partial charge in [0, 0.05) is 37.9 Å². The Hall–Kier alpha value is -3.64. The van der Waals surface area contributed by atoms with E-state index in [0.29, 0.717) is 30.5 Å². The van der Waals surface area contributed by atoms with Gasteiger partial charge in [-0.25, -0.2) is 14.5 Å². The summed E-state index contributed by atoms with van der Waals surface area (Å²) in [5.41, 5.74) is 8.46. The van der Waals surface area contributed by atoms with Crippen molar-refractivity contribution in [2.75, 3.05) is 32.0 Å². The first kappa shape index (κ1) is 26.9. The molecule has 0 aliphatic carbocycles. The molecule has 4 aromatic rings. The first-order valence-electron chi connectivity index (χ1n) is 12.8. The number of nitrogens with zero attached hydrogens (tertiary/aromatic N) is 6. The lowest BCUT2D eigenvalue weighted by molar-refractivity contribution is 0.0696. The third-order valence-electron chi connectivity index (χ3n) is 7.44. The van der Waals surface area contributed by atoms with Gasteiger partial charge in [-0.05, 0) is 57.0 Å². The second kappa shape index (κ2) is 10.5. The van der Waals surface area contributed by atoms with Crippen LogP contribution in [0.3, 0.4) is 0 Å². The number of aromatic nitrogens is 5. The molecule has 206 valence electrons. The van der Waals surface area contributed by atoms with Crippen LogP contribution in [0.4, 0.5) is 5.95 Å². The van der Waals surface area contributed by atoms with Crippen LogP contribution >= 0.6 is 15.9 Å². The minimum Gasteiger partial charge on any atom is -0.478 e. The number of nitrogen functional groups attached to an aromatic ring is 1. The van der Waals surface area contributed by atoms with E-state index in [-0.39, 0.29) is 22.2 Å². The molecule has 1 saturated heterocycles. The number of carboxylic acids is 1. The van der Waals surface area contributed by atoms with Gasteiger partial charge in [-0.1, -0.05) is 15.9 Å². The minimum atomic E-state index is -1.11. The van der Waals surface area contributed by atoms with Crippen molar-refractivity contribution in [3.05, 3.63) is 57.0 Å². The predicted molar refractivity (Wildman–Crippen MR) is 152 cm³/mol. The summed E-state index contributed by atoms with van der Waals surface area (Å²) in [7, 11) is 3.26. The topological polar surface area (TPSA) is 133 Å². The van der Waals surface area contributed by atoms with Crippen molar-refractivity contribution in [1.82, 2.24) is 28.8 Å². The Morgan fingerprint density at radius 1 is 1.23 bits per heavy atom. The molecule has 3 N–H and O–H groups in total. The number of hydrogen-bond donors (Lipinski definition) is 2. The quantitative estimate of drug-likeness (QED) is 0.331. The lowest BCUT2D eigenvalue weighted by Gasteiger charge is -2.35. The van der Waals surface area contributed by atoms with Gasteiger partial charge in [0.05, 0.1) is 39.5 Å². The van der Waals surface area contributed by atoms with Gasteiger partial charge < -0.3 is 24.7 Å². The molecule has 12 heteroatoms. The van der Waals surface area contributed by atoms with Gasteiger partial charge in [-0.3, -0.25) is 9.69 Å². The number of carbonyl (C=O) groups is 1. The second-order valence-electron chi connectivity index (χ2n) is 10.4. The number of anilines is 1. The van der Waals surface area contributed by atoms with E-state index < -0.39 is 5.97 Å². The fourth-order valence-corrected chi connectivity index (χ4v) is 5.91. The molecule has 1 aliphatic heterocycles. The summed E-state index contributed by atoms with van der Waals surface area (Å²) in [5, 5.41) is 13.7. The summed E-state index contributed by atoms with van der Waals surface area (Å²) in [5.74, 6) is -0.184. The first-order valence-corrected chi connectivity index (χ1v) is 13.6. The zero-order valence-electron chi connectivity index (χ0n) is 22.2. The zero-order chi connectivity index (χ0) is 27.9. The predicted octanol–water partition coefficient (Wildman–Crippen LogP) is 3.46. The molecule has 1 fully saturated rings. The number of likely N-dealkylation sites (tertiary alicyclic amines) is 1. The van der Waals surface area contributed by atoms with Crippen molar-refractivity contribution in [3.63, 3.8) is 0 Å². The molecule has 11 nitrogen and oxygen atoms in total. The van der Waals surface area contributed by atoms with E-state index in [1.807, 2.05) is 12.1 Å². The number of rotatable bonds is 7. The summed E-state index contributed by atoms with van der Waals surface area (Å²) in [6.07, 6.45) is 5.93. The highest BCUT2D eigenvalue weighted by molar-refractivity contribution is 9.10. The highest BCUT2D eigenvalue weighted by Gasteiger charge is 2.34. The molecular formula is C27H32BrN7O4. The van der Waals surface area contributed by atoms with Crippen LogP contribution in [0.2, 0.25) is 0 Å². The van der Waals surface area contributed by atoms with Crippen LogP contribution in [0.25, 0.3) is 22.2 Å². The fourth-order valence-electron chi connectivity index (χ4n) is 5.56. The summed E-state index contributed by atoms with van der Waals surface area (Å²) >= 11 is 3.58. The maximum absolute atomic E-state index is 12.8. The molecule has 1 unspecified atom stereocenters. The van der Waals surface area contributed by atoms with Gasteiger partial charge >= 0.3 is 5.97 Å². The van der Waals surface area contributed by atoms with Gasteiger partial charge in [0.15, 0.2) is 0 Å². The van der Waals surface area contributed by atoms with E-state index in [2.05, 4.69) is 48.5 Å². The number of fused-ring (bicyclic) bond motifs is 1. The molecule has 5 rings (SSSR count). The smallest absolute Gasteiger partial charge is 0.337 e. The maximum Gasteiger partial charge on any atom is 0.337 e. The van der Waals surface area contributed by atoms with Gasteiger partial charge in [-0.15, -0.1) is 0 Å². The molecule has 3 aromatic heterocycles. The molecule has 1 aromatic carbocycles. The standard InChI is InChI=1S/C27H32BrN7O4/c1-27(35-22-13-18(28)6-7-21(22)31-26(35)29)8-4-5-9-34(16-27)10-11-39-24-20(14-30-33(24)3)19-12-17(25(37)38)15-32(2)23(19)36/h6-7,12-15H,4-5,8-11,16H2,1-3H3,(H2,29,31)(H,37,38). The van der Waals surface area contributed by atoms with Crippen molar-refractivity contribution < 1.29 is 14.6 Å². The molecule has 0 bridgehead atoms. The van der Waals surface area contributed by atoms with Crippen LogP contribution in [0.15, 0.2) is 45.9 Å². The van der Waals surface area contributed by atoms with E-state index in [9.17, 15) is 14.7 Å². The summed E-state index contributed by atoms with van der Waals surface area (Å²) < 4.78 is 12.1. The molecule has 0 spiro atoms. The highest BCUT2D eigenvalue weighted by Crippen LogP contribution is 2.35. The van der Waals surface area contributed by atoms with Crippen LogP contribution in [0, 0.1) is 0 Å². The Kier molecular flexibility index (Phi) is 7.25. The van der Waals surface area contributed by atoms with Crippen molar-refractivity contribution in [1.29, 1.82) is 0 Å². The average molecular weight is 599 g/mol. The number of pyridine rings is 1. The number of hydrogen-bond acceptors (Lipinski definition) is 7. The number of nitrogens with two attached hydrogens (primary N) is 1. The third kappa shape index (κ3) is 5.18. The Labute approximate surface area is 233 Å². The maximum atomic E-state index is 12.8. The zero-order valence-corrected chi connectivity index (χ0v) is 23.8. The van der Waals surface area contributed by atoms with E-state index in [1.54, 1.807) is 11.7 Å². The number of imidazole rings is 1. The van der Waals surface area contributed by atoms with E-state index in [1.165, 1.54) is 30.1 Å². The largest absolute Gasteiger partial charge is 0.478 e. The van der Waals surface area contributed by atoms with Crippen molar-refractivity contribution in [2.24, 2.45) is 14.1 Å². The van der Waals surface area contributed by atoms with E-state index >= 15 is 0 Å². The third-order valence-corrected chi connectivity index (χ3v) is 7.93. The fraction of sp³-hybridized carbons (Fsp3) is 0.407. The van der Waals surface area contributed by atoms with Gasteiger partial charge in [0.1, 0.15) is 6.61 Å². The van der Waals surface area contributed by atoms with E-state index in [0.717, 1.165) is 47.9 Å². The lowest BCUT2D eigenvalue weighted by atomic mass is 9.95. The molecule has 4 heterocycles. The Morgan fingerprint density at radius 3 is 2.79 bits per heavy atom. The monoisotopic (exact) mass is 597 g/mol. The molecule has 1 aliphatic rings. The number of aryl methyl sites for hydroxylation is 2. The normalized spacial score (nSPS) is 18.4. The lowest BCUT2D eigenvalue weighted by Crippen LogP contribution is -2.43. The minimum absolute atomic E-state index is 0.0177. The van der Waals surface area contributed by atoms with Crippen molar-refractivity contribution in [2.45, 2.75) is 31.7 Å². The Balaban J connectivity index is 1.36. The van der Waals surface area contributed by atoms with Gasteiger partial charge in [0.25, 0.3) is 5.56 Å². The number of ether oxygens (including phenoxy) is 1. The SMILES string of the molecule is Cn1ncc(-c2cc(C(=O)O)cn(C)c2=O)c1OCCN1CCCCC(C)(n2c(N)nc3ccc(Br)cc32)C1. The van der Waals surface area contributed by atoms with Crippen molar-refractivity contribution >= 4 is 38.9 Å². The number of benzene rings is 1. The van der Waals surface area contributed by atoms with Crippen molar-refractivity contribution in [3.8, 4) is 17.0 Å². The summed E-state index contributed by atoms with van der Waals surface area (Å²) in [6, 6.07) is 7.38. The molecule has 39 heavy (non-hydrogen) atoms. The van der Waals surface area contributed by atoms with Crippen LogP contribution < -0.4 is 16.0 Å². The Bertz CT molecular complexity index is 1610. The number of carboxylic acid groups (broad SMARTS) is 1. The average Bonchev–Trinajstić information content (AvgIpc) is 3.34. The highest BCUT2D eigenvalue weighted by atomic mass is 79.9.